The van der Waals surface area contributed by atoms with E-state index >= 15 is 0 Å². The highest BCUT2D eigenvalue weighted by molar-refractivity contribution is 6.16. The number of hydrogen-bond donors (Lipinski definition) is 1. The van der Waals surface area contributed by atoms with Crippen LogP contribution in [0.3, 0.4) is 0 Å². The third-order valence-electron chi connectivity index (χ3n) is 4.69. The van der Waals surface area contributed by atoms with Crippen LogP contribution < -0.4 is 21.5 Å². The van der Waals surface area contributed by atoms with Crippen LogP contribution in [0.15, 0.2) is 42.7 Å². The molecule has 0 saturated carbocycles. The molecule has 0 aliphatic carbocycles. The number of ketones is 1. The van der Waals surface area contributed by atoms with Gasteiger partial charge in [-0.25, -0.2) is 0 Å². The number of carbonyl (C=O) groups is 1. The monoisotopic (exact) mass is 382 g/mol. The number of halogens is 1. The second-order valence-electron chi connectivity index (χ2n) is 6.32. The zero-order valence-electron chi connectivity index (χ0n) is 14.0. The first-order valence-corrected chi connectivity index (χ1v) is 7.88. The molecular weight excluding hydrogens is 364 g/mol. The number of fused-ring (bicyclic) bond motifs is 4. The van der Waals surface area contributed by atoms with Gasteiger partial charge in [0.15, 0.2) is 18.2 Å². The van der Waals surface area contributed by atoms with Crippen molar-refractivity contribution in [3.05, 3.63) is 53.9 Å². The molecule has 0 amide bonds. The summed E-state index contributed by atoms with van der Waals surface area (Å²) in [6, 6.07) is 10.5. The molecule has 2 heterocycles. The SMILES string of the molecule is CC(=O)C[n+]1ccc2c(C)c3[nH]c4ccccc4c3c(C)c2c1.[Br-]. The van der Waals surface area contributed by atoms with Crippen molar-refractivity contribution < 1.29 is 26.3 Å². The van der Waals surface area contributed by atoms with Gasteiger partial charge < -0.3 is 22.0 Å². The van der Waals surface area contributed by atoms with Gasteiger partial charge in [0.25, 0.3) is 0 Å². The lowest BCUT2D eigenvalue weighted by Crippen LogP contribution is -3.00. The number of aromatic nitrogens is 2. The average molecular weight is 383 g/mol. The zero-order chi connectivity index (χ0) is 16.1. The number of benzene rings is 2. The lowest BCUT2D eigenvalue weighted by Gasteiger charge is -2.08. The van der Waals surface area contributed by atoms with Gasteiger partial charge in [0, 0.05) is 34.7 Å². The molecule has 2 aromatic heterocycles. The van der Waals surface area contributed by atoms with Gasteiger partial charge in [-0.2, -0.15) is 4.57 Å². The second-order valence-corrected chi connectivity index (χ2v) is 6.32. The zero-order valence-corrected chi connectivity index (χ0v) is 15.6. The smallest absolute Gasteiger partial charge is 0.206 e. The van der Waals surface area contributed by atoms with Crippen LogP contribution in [0.2, 0.25) is 0 Å². The quantitative estimate of drug-likeness (QED) is 0.515. The Morgan fingerprint density at radius 2 is 1.79 bits per heavy atom. The fourth-order valence-corrected chi connectivity index (χ4v) is 3.60. The number of carbonyl (C=O) groups excluding carboxylic acids is 1. The molecular formula is C20H19BrN2O. The van der Waals surface area contributed by atoms with Crippen molar-refractivity contribution in [2.75, 3.05) is 0 Å². The van der Waals surface area contributed by atoms with Crippen molar-refractivity contribution in [1.29, 1.82) is 0 Å². The molecule has 0 aliphatic heterocycles. The van der Waals surface area contributed by atoms with Crippen LogP contribution in [-0.4, -0.2) is 10.8 Å². The molecule has 122 valence electrons. The van der Waals surface area contributed by atoms with E-state index in [0.29, 0.717) is 6.54 Å². The minimum Gasteiger partial charge on any atom is -1.00 e. The number of hydrogen-bond acceptors (Lipinski definition) is 1. The molecule has 0 radical (unpaired) electrons. The molecule has 3 nitrogen and oxygen atoms in total. The Morgan fingerprint density at radius 3 is 2.54 bits per heavy atom. The highest BCUT2D eigenvalue weighted by Gasteiger charge is 2.16. The third-order valence-corrected chi connectivity index (χ3v) is 4.69. The summed E-state index contributed by atoms with van der Waals surface area (Å²) in [4.78, 5) is 15.0. The summed E-state index contributed by atoms with van der Waals surface area (Å²) >= 11 is 0. The standard InChI is InChI=1S/C20H18N2O.BrH/c1-12(23)10-22-9-8-15-14(3)20-19(13(2)17(15)11-22)16-6-4-5-7-18(16)21-20;/h4-9,11H,10H2,1-3H3;1H. The molecule has 0 fully saturated rings. The molecule has 4 heteroatoms. The van der Waals surface area contributed by atoms with Gasteiger partial charge in [-0.3, -0.25) is 4.79 Å². The summed E-state index contributed by atoms with van der Waals surface area (Å²) in [6.07, 6.45) is 4.09. The predicted molar refractivity (Wildman–Crippen MR) is 93.7 cm³/mol. The largest absolute Gasteiger partial charge is 1.00 e. The molecule has 0 aliphatic rings. The molecule has 2 aromatic carbocycles. The van der Waals surface area contributed by atoms with E-state index in [1.54, 1.807) is 6.92 Å². The predicted octanol–water partition coefficient (Wildman–Crippen LogP) is 0.972. The summed E-state index contributed by atoms with van der Waals surface area (Å²) in [5.41, 5.74) is 4.89. The number of H-pyrrole nitrogens is 1. The highest BCUT2D eigenvalue weighted by Crippen LogP contribution is 2.35. The van der Waals surface area contributed by atoms with Crippen molar-refractivity contribution in [2.45, 2.75) is 27.3 Å². The number of aromatic amines is 1. The molecule has 1 N–H and O–H groups in total. The number of nitrogens with one attached hydrogen (secondary N) is 1. The first-order chi connectivity index (χ1) is 11.1. The van der Waals surface area contributed by atoms with E-state index in [2.05, 4.69) is 55.4 Å². The molecule has 0 atom stereocenters. The van der Waals surface area contributed by atoms with Crippen LogP contribution in [0.1, 0.15) is 18.1 Å². The summed E-state index contributed by atoms with van der Waals surface area (Å²) in [5.74, 6) is 0.164. The van der Waals surface area contributed by atoms with Crippen LogP contribution in [0, 0.1) is 13.8 Å². The fourth-order valence-electron chi connectivity index (χ4n) is 3.60. The van der Waals surface area contributed by atoms with Crippen LogP contribution in [-0.2, 0) is 11.3 Å². The Hall–Kier alpha value is -2.20. The number of rotatable bonds is 2. The first-order valence-electron chi connectivity index (χ1n) is 7.88. The van der Waals surface area contributed by atoms with Gasteiger partial charge in [0.2, 0.25) is 6.54 Å². The first kappa shape index (κ1) is 16.7. The molecule has 0 unspecified atom stereocenters. The maximum absolute atomic E-state index is 11.4. The number of aryl methyl sites for hydroxylation is 2. The normalized spacial score (nSPS) is 11.1. The molecule has 24 heavy (non-hydrogen) atoms. The van der Waals surface area contributed by atoms with Crippen LogP contribution in [0.4, 0.5) is 0 Å². The van der Waals surface area contributed by atoms with Crippen LogP contribution in [0.5, 0.6) is 0 Å². The van der Waals surface area contributed by atoms with E-state index < -0.39 is 0 Å². The van der Waals surface area contributed by atoms with E-state index in [1.807, 2.05) is 10.8 Å². The maximum Gasteiger partial charge on any atom is 0.206 e. The van der Waals surface area contributed by atoms with E-state index in [0.717, 1.165) is 0 Å². The van der Waals surface area contributed by atoms with Crippen molar-refractivity contribution >= 4 is 38.4 Å². The molecule has 0 spiro atoms. The summed E-state index contributed by atoms with van der Waals surface area (Å²) in [6.45, 7) is 6.37. The van der Waals surface area contributed by atoms with Crippen molar-refractivity contribution in [3.8, 4) is 0 Å². The summed E-state index contributed by atoms with van der Waals surface area (Å²) in [7, 11) is 0. The lowest BCUT2D eigenvalue weighted by molar-refractivity contribution is -0.682. The van der Waals surface area contributed by atoms with E-state index in [4.69, 9.17) is 0 Å². The molecule has 4 aromatic rings. The Labute approximate surface area is 151 Å². The Morgan fingerprint density at radius 1 is 1.04 bits per heavy atom. The Kier molecular flexibility index (Phi) is 4.18. The summed E-state index contributed by atoms with van der Waals surface area (Å²) in [5, 5.41) is 4.99. The number of pyridine rings is 1. The highest BCUT2D eigenvalue weighted by atomic mass is 79.9. The Bertz CT molecular complexity index is 1100. The van der Waals surface area contributed by atoms with E-state index in [-0.39, 0.29) is 22.8 Å². The van der Waals surface area contributed by atoms with Crippen LogP contribution in [0.25, 0.3) is 32.6 Å². The fraction of sp³-hybridized carbons (Fsp3) is 0.200. The Balaban J connectivity index is 0.00000169. The van der Waals surface area contributed by atoms with Gasteiger partial charge in [0.05, 0.1) is 5.52 Å². The second kappa shape index (κ2) is 6.02. The van der Waals surface area contributed by atoms with Gasteiger partial charge in [-0.05, 0) is 36.4 Å². The van der Waals surface area contributed by atoms with Crippen LogP contribution >= 0.6 is 0 Å². The van der Waals surface area contributed by atoms with Crippen molar-refractivity contribution in [2.24, 2.45) is 0 Å². The van der Waals surface area contributed by atoms with Crippen molar-refractivity contribution in [1.82, 2.24) is 4.98 Å². The van der Waals surface area contributed by atoms with Gasteiger partial charge in [-0.15, -0.1) is 0 Å². The third kappa shape index (κ3) is 2.42. The van der Waals surface area contributed by atoms with Crippen molar-refractivity contribution in [3.63, 3.8) is 0 Å². The minimum absolute atomic E-state index is 0. The number of para-hydroxylation sites is 1. The molecule has 0 saturated heterocycles. The minimum atomic E-state index is 0. The van der Waals surface area contributed by atoms with E-state index in [9.17, 15) is 4.79 Å². The topological polar surface area (TPSA) is 36.7 Å². The van der Waals surface area contributed by atoms with Gasteiger partial charge in [0.1, 0.15) is 0 Å². The lowest BCUT2D eigenvalue weighted by atomic mass is 9.97. The maximum atomic E-state index is 11.4. The average Bonchev–Trinajstić information content (AvgIpc) is 2.92. The van der Waals surface area contributed by atoms with E-state index in [1.165, 1.54) is 43.7 Å². The number of Topliss-reactive ketones (excluding diaryl/α,β-unsaturated/α-hetero) is 1. The summed E-state index contributed by atoms with van der Waals surface area (Å²) < 4.78 is 1.97. The number of nitrogens with zero attached hydrogens (tertiary/aromatic N) is 1. The molecule has 4 rings (SSSR count). The van der Waals surface area contributed by atoms with Gasteiger partial charge >= 0.3 is 0 Å². The van der Waals surface area contributed by atoms with Gasteiger partial charge in [-0.1, -0.05) is 18.2 Å². The molecule has 0 bridgehead atoms.